The monoisotopic (exact) mass is 414 g/mol. The lowest BCUT2D eigenvalue weighted by Gasteiger charge is -2.44. The standard InChI is InChI=1S/C22H23ClN2O4/c23-18-8-6-17(7-9-18)20(26)25-19(21(27)28)15-29-22(25)10-12-24(13-11-22)14-16-4-2-1-3-5-16/h1-9,19H,10-15H2,(H,27,28). The fraction of sp³-hybridized carbons (Fsp3) is 0.364. The Morgan fingerprint density at radius 1 is 1.07 bits per heavy atom. The number of hydrogen-bond donors (Lipinski definition) is 1. The third kappa shape index (κ3) is 4.01. The van der Waals surface area contributed by atoms with E-state index in [1.54, 1.807) is 24.3 Å². The van der Waals surface area contributed by atoms with Gasteiger partial charge in [0.1, 0.15) is 5.72 Å². The van der Waals surface area contributed by atoms with E-state index < -0.39 is 17.7 Å². The van der Waals surface area contributed by atoms with Gasteiger partial charge in [0.15, 0.2) is 6.04 Å². The number of nitrogens with zero attached hydrogens (tertiary/aromatic N) is 2. The van der Waals surface area contributed by atoms with E-state index in [1.165, 1.54) is 10.5 Å². The van der Waals surface area contributed by atoms with Gasteiger partial charge in [0.05, 0.1) is 6.61 Å². The topological polar surface area (TPSA) is 70.1 Å². The number of amides is 1. The second-order valence-corrected chi connectivity index (χ2v) is 7.99. The Hall–Kier alpha value is -2.41. The molecule has 2 aliphatic rings. The number of carbonyl (C=O) groups is 2. The lowest BCUT2D eigenvalue weighted by Crippen LogP contribution is -2.58. The summed E-state index contributed by atoms with van der Waals surface area (Å²) in [5.74, 6) is -1.38. The summed E-state index contributed by atoms with van der Waals surface area (Å²) in [5.41, 5.74) is 0.762. The largest absolute Gasteiger partial charge is 0.480 e. The zero-order chi connectivity index (χ0) is 20.4. The Kier molecular flexibility index (Phi) is 5.58. The molecule has 0 bridgehead atoms. The molecule has 4 rings (SSSR count). The van der Waals surface area contributed by atoms with Crippen LogP contribution in [-0.4, -0.2) is 58.2 Å². The molecule has 2 aliphatic heterocycles. The molecule has 0 radical (unpaired) electrons. The second-order valence-electron chi connectivity index (χ2n) is 7.56. The van der Waals surface area contributed by atoms with Crippen LogP contribution in [0.15, 0.2) is 54.6 Å². The molecule has 1 atom stereocenters. The van der Waals surface area contributed by atoms with Crippen molar-refractivity contribution in [1.82, 2.24) is 9.80 Å². The van der Waals surface area contributed by atoms with Gasteiger partial charge in [-0.15, -0.1) is 0 Å². The number of carbonyl (C=O) groups excluding carboxylic acids is 1. The van der Waals surface area contributed by atoms with Crippen molar-refractivity contribution in [2.75, 3.05) is 19.7 Å². The van der Waals surface area contributed by atoms with E-state index in [4.69, 9.17) is 16.3 Å². The van der Waals surface area contributed by atoms with Gasteiger partial charge in [-0.25, -0.2) is 4.79 Å². The Balaban J connectivity index is 1.53. The SMILES string of the molecule is O=C(O)C1COC2(CCN(Cc3ccccc3)CC2)N1C(=O)c1ccc(Cl)cc1. The molecule has 1 unspecified atom stereocenters. The van der Waals surface area contributed by atoms with E-state index in [2.05, 4.69) is 17.0 Å². The highest BCUT2D eigenvalue weighted by atomic mass is 35.5. The van der Waals surface area contributed by atoms with Gasteiger partial charge in [-0.1, -0.05) is 41.9 Å². The van der Waals surface area contributed by atoms with E-state index in [0.717, 1.165) is 19.6 Å². The maximum Gasteiger partial charge on any atom is 0.328 e. The first-order valence-electron chi connectivity index (χ1n) is 9.71. The van der Waals surface area contributed by atoms with Crippen molar-refractivity contribution in [2.45, 2.75) is 31.2 Å². The highest BCUT2D eigenvalue weighted by molar-refractivity contribution is 6.30. The van der Waals surface area contributed by atoms with E-state index in [9.17, 15) is 14.7 Å². The number of benzene rings is 2. The molecule has 2 aromatic carbocycles. The molecule has 152 valence electrons. The maximum atomic E-state index is 13.2. The predicted molar refractivity (Wildman–Crippen MR) is 109 cm³/mol. The average molecular weight is 415 g/mol. The van der Waals surface area contributed by atoms with Crippen molar-refractivity contribution in [2.24, 2.45) is 0 Å². The summed E-state index contributed by atoms with van der Waals surface area (Å²) in [6.45, 7) is 2.29. The number of ether oxygens (including phenoxy) is 1. The molecule has 1 N–H and O–H groups in total. The van der Waals surface area contributed by atoms with Crippen molar-refractivity contribution < 1.29 is 19.4 Å². The average Bonchev–Trinajstić information content (AvgIpc) is 3.10. The van der Waals surface area contributed by atoms with Gasteiger partial charge in [-0.05, 0) is 29.8 Å². The first-order valence-corrected chi connectivity index (χ1v) is 10.1. The van der Waals surface area contributed by atoms with Crippen LogP contribution in [0.1, 0.15) is 28.8 Å². The smallest absolute Gasteiger partial charge is 0.328 e. The Morgan fingerprint density at radius 3 is 2.34 bits per heavy atom. The molecule has 7 heteroatoms. The molecule has 29 heavy (non-hydrogen) atoms. The summed E-state index contributed by atoms with van der Waals surface area (Å²) >= 11 is 5.93. The molecular formula is C22H23ClN2O4. The zero-order valence-corrected chi connectivity index (χ0v) is 16.7. The van der Waals surface area contributed by atoms with Crippen molar-refractivity contribution in [3.05, 3.63) is 70.7 Å². The molecule has 0 saturated carbocycles. The first-order chi connectivity index (χ1) is 14.0. The number of aliphatic carboxylic acids is 1. The number of hydrogen-bond acceptors (Lipinski definition) is 4. The highest BCUT2D eigenvalue weighted by Crippen LogP contribution is 2.38. The van der Waals surface area contributed by atoms with Crippen molar-refractivity contribution in [3.63, 3.8) is 0 Å². The van der Waals surface area contributed by atoms with Crippen LogP contribution in [0, 0.1) is 0 Å². The minimum absolute atomic E-state index is 0.00729. The van der Waals surface area contributed by atoms with Crippen molar-refractivity contribution >= 4 is 23.5 Å². The molecule has 0 aromatic heterocycles. The predicted octanol–water partition coefficient (Wildman–Crippen LogP) is 3.26. The highest BCUT2D eigenvalue weighted by Gasteiger charge is 2.54. The summed E-state index contributed by atoms with van der Waals surface area (Å²) in [6, 6.07) is 15.7. The summed E-state index contributed by atoms with van der Waals surface area (Å²) < 4.78 is 6.00. The van der Waals surface area contributed by atoms with Crippen LogP contribution >= 0.6 is 11.6 Å². The van der Waals surface area contributed by atoms with E-state index >= 15 is 0 Å². The van der Waals surface area contributed by atoms with Gasteiger partial charge >= 0.3 is 5.97 Å². The zero-order valence-electron chi connectivity index (χ0n) is 16.0. The van der Waals surface area contributed by atoms with Crippen LogP contribution in [0.3, 0.4) is 0 Å². The molecule has 0 aliphatic carbocycles. The molecule has 6 nitrogen and oxygen atoms in total. The number of carboxylic acid groups (broad SMARTS) is 1. The van der Waals surface area contributed by atoms with Gasteiger partial charge in [0, 0.05) is 43.1 Å². The van der Waals surface area contributed by atoms with E-state index in [0.29, 0.717) is 23.4 Å². The van der Waals surface area contributed by atoms with Crippen molar-refractivity contribution in [3.8, 4) is 0 Å². The molecule has 1 amide bonds. The number of halogens is 1. The van der Waals surface area contributed by atoms with E-state index in [-0.39, 0.29) is 12.5 Å². The van der Waals surface area contributed by atoms with Crippen LogP contribution in [0.4, 0.5) is 0 Å². The van der Waals surface area contributed by atoms with Gasteiger partial charge in [-0.2, -0.15) is 0 Å². The van der Waals surface area contributed by atoms with Crippen LogP contribution in [0.2, 0.25) is 5.02 Å². The normalized spacial score (nSPS) is 21.4. The summed E-state index contributed by atoms with van der Waals surface area (Å²) in [4.78, 5) is 28.8. The molecule has 2 aromatic rings. The minimum Gasteiger partial charge on any atom is -0.480 e. The first kappa shape index (κ1) is 19.9. The maximum absolute atomic E-state index is 13.2. The van der Waals surface area contributed by atoms with Gasteiger partial charge < -0.3 is 9.84 Å². The lowest BCUT2D eigenvalue weighted by molar-refractivity contribution is -0.144. The second kappa shape index (κ2) is 8.14. The fourth-order valence-corrected chi connectivity index (χ4v) is 4.32. The number of likely N-dealkylation sites (tertiary alicyclic amines) is 1. The third-order valence-corrected chi connectivity index (χ3v) is 5.99. The van der Waals surface area contributed by atoms with Crippen LogP contribution in [-0.2, 0) is 16.1 Å². The summed E-state index contributed by atoms with van der Waals surface area (Å²) in [5, 5.41) is 10.2. The van der Waals surface area contributed by atoms with Gasteiger partial charge in [-0.3, -0.25) is 14.6 Å². The van der Waals surface area contributed by atoms with Crippen LogP contribution in [0.25, 0.3) is 0 Å². The molecule has 1 spiro atoms. The molecule has 2 heterocycles. The Morgan fingerprint density at radius 2 is 1.72 bits per heavy atom. The lowest BCUT2D eigenvalue weighted by atomic mass is 9.96. The third-order valence-electron chi connectivity index (χ3n) is 5.74. The Labute approximate surface area is 174 Å². The van der Waals surface area contributed by atoms with Crippen molar-refractivity contribution in [1.29, 1.82) is 0 Å². The minimum atomic E-state index is -1.05. The van der Waals surface area contributed by atoms with E-state index in [1.807, 2.05) is 18.2 Å². The molecule has 2 fully saturated rings. The summed E-state index contributed by atoms with van der Waals surface area (Å²) in [6.07, 6.45) is 1.14. The number of piperidine rings is 1. The quantitative estimate of drug-likeness (QED) is 0.831. The van der Waals surface area contributed by atoms with Crippen LogP contribution < -0.4 is 0 Å². The number of carboxylic acids is 1. The van der Waals surface area contributed by atoms with Gasteiger partial charge in [0.2, 0.25) is 0 Å². The fourth-order valence-electron chi connectivity index (χ4n) is 4.19. The molecular weight excluding hydrogens is 392 g/mol. The number of rotatable bonds is 4. The Bertz CT molecular complexity index is 879. The van der Waals surface area contributed by atoms with Crippen LogP contribution in [0.5, 0.6) is 0 Å². The van der Waals surface area contributed by atoms with Gasteiger partial charge in [0.25, 0.3) is 5.91 Å². The summed E-state index contributed by atoms with van der Waals surface area (Å²) in [7, 11) is 0. The molecule has 2 saturated heterocycles.